The Morgan fingerprint density at radius 2 is 0.742 bits per heavy atom. The molecule has 66 heavy (non-hydrogen) atoms. The van der Waals surface area contributed by atoms with Crippen molar-refractivity contribution in [2.45, 2.75) is 116 Å². The molecule has 6 nitrogen and oxygen atoms in total. The Kier molecular flexibility index (Phi) is 18.0. The van der Waals surface area contributed by atoms with Gasteiger partial charge >= 0.3 is 11.9 Å². The molecule has 348 valence electrons. The first-order chi connectivity index (χ1) is 31.3. The largest absolute Gasteiger partial charge is 0.459 e. The minimum atomic E-state index is -1.79. The van der Waals surface area contributed by atoms with Crippen LogP contribution in [0.4, 0.5) is 17.6 Å². The molecular weight excluding hydrogens is 841 g/mol. The average Bonchev–Trinajstić information content (AvgIpc) is 3.28. The highest BCUT2D eigenvalue weighted by Gasteiger charge is 2.42. The van der Waals surface area contributed by atoms with E-state index in [9.17, 15) is 18.4 Å². The van der Waals surface area contributed by atoms with Gasteiger partial charge in [0.1, 0.15) is 34.9 Å². The van der Waals surface area contributed by atoms with Gasteiger partial charge < -0.3 is 9.47 Å². The van der Waals surface area contributed by atoms with Gasteiger partial charge in [-0.05, 0) is 113 Å². The molecule has 0 aliphatic rings. The van der Waals surface area contributed by atoms with Gasteiger partial charge in [0.2, 0.25) is 0 Å². The number of nitrogens with zero attached hydrogens (tertiary/aromatic N) is 2. The average molecular weight is 903 g/mol. The summed E-state index contributed by atoms with van der Waals surface area (Å²) in [4.78, 5) is 30.5. The summed E-state index contributed by atoms with van der Waals surface area (Å²) < 4.78 is 71.5. The van der Waals surface area contributed by atoms with Crippen LogP contribution in [-0.4, -0.2) is 45.0 Å². The van der Waals surface area contributed by atoms with Crippen LogP contribution in [0.15, 0.2) is 170 Å². The fourth-order valence-electron chi connectivity index (χ4n) is 7.68. The maximum atomic E-state index is 16.1. The zero-order valence-corrected chi connectivity index (χ0v) is 39.1. The lowest BCUT2D eigenvalue weighted by molar-refractivity contribution is -0.167. The van der Waals surface area contributed by atoms with E-state index in [0.29, 0.717) is 13.1 Å². The summed E-state index contributed by atoms with van der Waals surface area (Å²) in [5.74, 6) is -2.47. The van der Waals surface area contributed by atoms with Crippen molar-refractivity contribution in [1.29, 1.82) is 0 Å². The Morgan fingerprint density at radius 1 is 0.455 bits per heavy atom. The first-order valence-electron chi connectivity index (χ1n) is 22.3. The molecule has 0 heterocycles. The summed E-state index contributed by atoms with van der Waals surface area (Å²) >= 11 is 0. The Balaban J connectivity index is 0.000000247. The lowest BCUT2D eigenvalue weighted by Gasteiger charge is -2.38. The quantitative estimate of drug-likeness (QED) is 0.0712. The normalized spacial score (nSPS) is 14.5. The van der Waals surface area contributed by atoms with Gasteiger partial charge in [0.05, 0.1) is 0 Å². The van der Waals surface area contributed by atoms with Crippen LogP contribution in [0, 0.1) is 11.6 Å². The van der Waals surface area contributed by atoms with Gasteiger partial charge in [0.25, 0.3) is 0 Å². The van der Waals surface area contributed by atoms with Gasteiger partial charge in [0.15, 0.2) is 12.3 Å². The van der Waals surface area contributed by atoms with Crippen molar-refractivity contribution >= 4 is 11.9 Å². The number of ether oxygens (including phenoxy) is 2. The molecule has 6 aromatic carbocycles. The van der Waals surface area contributed by atoms with E-state index >= 15 is 8.78 Å². The minimum absolute atomic E-state index is 0.101. The van der Waals surface area contributed by atoms with Gasteiger partial charge in [0, 0.05) is 25.2 Å². The highest BCUT2D eigenvalue weighted by Crippen LogP contribution is 2.37. The third-order valence-electron chi connectivity index (χ3n) is 10.9. The Hall–Kier alpha value is -6.10. The van der Waals surface area contributed by atoms with Crippen LogP contribution in [0.5, 0.6) is 0 Å². The third kappa shape index (κ3) is 15.0. The van der Waals surface area contributed by atoms with Gasteiger partial charge in [-0.15, -0.1) is 0 Å². The van der Waals surface area contributed by atoms with E-state index in [4.69, 9.17) is 9.47 Å². The minimum Gasteiger partial charge on any atom is -0.459 e. The van der Waals surface area contributed by atoms with Crippen molar-refractivity contribution in [2.24, 2.45) is 0 Å². The fraction of sp³-hybridized carbons (Fsp3) is 0.321. The van der Waals surface area contributed by atoms with E-state index in [2.05, 4.69) is 0 Å². The summed E-state index contributed by atoms with van der Waals surface area (Å²) in [7, 11) is 0. The summed E-state index contributed by atoms with van der Waals surface area (Å²) in [6, 6.07) is 46.0. The van der Waals surface area contributed by atoms with Crippen LogP contribution >= 0.6 is 0 Å². The van der Waals surface area contributed by atoms with E-state index in [1.165, 1.54) is 36.4 Å². The molecule has 0 aliphatic heterocycles. The molecule has 6 aromatic rings. The summed E-state index contributed by atoms with van der Waals surface area (Å²) in [5.41, 5.74) is 2.34. The molecule has 0 saturated heterocycles. The van der Waals surface area contributed by atoms with Gasteiger partial charge in [-0.2, -0.15) is 0 Å². The molecule has 0 saturated carbocycles. The first kappa shape index (κ1) is 50.9. The zero-order valence-electron chi connectivity index (χ0n) is 39.1. The molecular formula is C56H62F4N2O4. The SMILES string of the molecule is C[C@H](c1ccccc1)N(Cc1ccccc1)[C@H](C(=O)OC(C)(C)C)[C@@H](F)c1cccc(F)c1.C[C@H](c1ccccc1)N(Cc1ccccc1)[C@H](C(=O)OC(C)(C)C)[C@@H](F)c1cccc(F)c1. The smallest absolute Gasteiger partial charge is 0.327 e. The standard InChI is InChI=1S/2C28H31F2NO2/c2*1-20(22-14-9-6-10-15-22)31(19-21-12-7-5-8-13-21)26(27(32)33-28(2,3)4)25(30)23-16-11-17-24(29)18-23/h2*5-18,20,25-26H,19H2,1-4H3/t2*20-,25+,26+/m11/s1. The molecule has 0 amide bonds. The number of halogens is 4. The molecule has 0 unspecified atom stereocenters. The van der Waals surface area contributed by atoms with E-state index in [0.717, 1.165) is 34.4 Å². The van der Waals surface area contributed by atoms with Crippen molar-refractivity contribution in [3.8, 4) is 0 Å². The molecule has 0 N–H and O–H groups in total. The van der Waals surface area contributed by atoms with Crippen molar-refractivity contribution < 1.29 is 36.6 Å². The summed E-state index contributed by atoms with van der Waals surface area (Å²) in [5, 5.41) is 0. The molecule has 0 bridgehead atoms. The van der Waals surface area contributed by atoms with Crippen molar-refractivity contribution in [3.05, 3.63) is 215 Å². The number of carbonyl (C=O) groups excluding carboxylic acids is 2. The van der Waals surface area contributed by atoms with E-state index < -0.39 is 59.2 Å². The van der Waals surface area contributed by atoms with Crippen LogP contribution in [0.3, 0.4) is 0 Å². The fourth-order valence-corrected chi connectivity index (χ4v) is 7.68. The lowest BCUT2D eigenvalue weighted by Crippen LogP contribution is -2.47. The molecule has 0 aliphatic carbocycles. The Bertz CT molecular complexity index is 2240. The first-order valence-corrected chi connectivity index (χ1v) is 22.3. The van der Waals surface area contributed by atoms with E-state index in [1.54, 1.807) is 51.3 Å². The van der Waals surface area contributed by atoms with Crippen molar-refractivity contribution in [2.75, 3.05) is 0 Å². The van der Waals surface area contributed by atoms with Crippen molar-refractivity contribution in [1.82, 2.24) is 9.80 Å². The predicted molar refractivity (Wildman–Crippen MR) is 253 cm³/mol. The maximum absolute atomic E-state index is 16.1. The summed E-state index contributed by atoms with van der Waals surface area (Å²) in [6.07, 6.45) is -3.57. The highest BCUT2D eigenvalue weighted by molar-refractivity contribution is 5.78. The number of hydrogen-bond donors (Lipinski definition) is 0. The second kappa shape index (κ2) is 23.4. The van der Waals surface area contributed by atoms with Gasteiger partial charge in [-0.1, -0.05) is 146 Å². The van der Waals surface area contributed by atoms with Gasteiger partial charge in [-0.3, -0.25) is 19.4 Å². The molecule has 0 radical (unpaired) electrons. The zero-order chi connectivity index (χ0) is 48.0. The second-order valence-corrected chi connectivity index (χ2v) is 18.4. The molecule has 0 spiro atoms. The third-order valence-corrected chi connectivity index (χ3v) is 10.9. The maximum Gasteiger partial charge on any atom is 0.327 e. The van der Waals surface area contributed by atoms with E-state index in [-0.39, 0.29) is 23.2 Å². The second-order valence-electron chi connectivity index (χ2n) is 18.4. The topological polar surface area (TPSA) is 59.1 Å². The van der Waals surface area contributed by atoms with Crippen molar-refractivity contribution in [3.63, 3.8) is 0 Å². The molecule has 0 fully saturated rings. The molecule has 0 aromatic heterocycles. The van der Waals surface area contributed by atoms with E-state index in [1.807, 2.05) is 135 Å². The number of rotatable bonds is 16. The van der Waals surface area contributed by atoms with Crippen LogP contribution in [0.1, 0.15) is 113 Å². The van der Waals surface area contributed by atoms with Crippen LogP contribution in [0.2, 0.25) is 0 Å². The number of alkyl halides is 2. The van der Waals surface area contributed by atoms with Crippen LogP contribution in [0.25, 0.3) is 0 Å². The Labute approximate surface area is 388 Å². The monoisotopic (exact) mass is 902 g/mol. The molecule has 6 atom stereocenters. The lowest BCUT2D eigenvalue weighted by atomic mass is 9.97. The molecule has 10 heteroatoms. The van der Waals surface area contributed by atoms with Crippen LogP contribution in [-0.2, 0) is 32.2 Å². The Morgan fingerprint density at radius 3 is 1.03 bits per heavy atom. The van der Waals surface area contributed by atoms with Gasteiger partial charge in [-0.25, -0.2) is 17.6 Å². The van der Waals surface area contributed by atoms with Crippen LogP contribution < -0.4 is 0 Å². The number of benzene rings is 6. The predicted octanol–water partition coefficient (Wildman–Crippen LogP) is 13.6. The number of carbonyl (C=O) groups is 2. The summed E-state index contributed by atoms with van der Waals surface area (Å²) in [6.45, 7) is 15.0. The number of hydrogen-bond acceptors (Lipinski definition) is 6. The highest BCUT2D eigenvalue weighted by atomic mass is 19.1. The number of esters is 2. The molecule has 6 rings (SSSR count).